The van der Waals surface area contributed by atoms with E-state index in [4.69, 9.17) is 4.74 Å². The zero-order chi connectivity index (χ0) is 18.1. The van der Waals surface area contributed by atoms with Crippen molar-refractivity contribution in [3.63, 3.8) is 0 Å². The molecule has 0 amide bonds. The molecule has 0 aromatic carbocycles. The molecular formula is C19H27N5O2. The fraction of sp³-hybridized carbons (Fsp3) is 0.579. The molecule has 7 nitrogen and oxygen atoms in total. The highest BCUT2D eigenvalue weighted by atomic mass is 16.5. The summed E-state index contributed by atoms with van der Waals surface area (Å²) in [5, 5.41) is 4.69. The lowest BCUT2D eigenvalue weighted by molar-refractivity contribution is 0.0989. The van der Waals surface area contributed by atoms with E-state index in [1.54, 1.807) is 6.07 Å². The van der Waals surface area contributed by atoms with Crippen LogP contribution in [0.4, 0.5) is 11.5 Å². The lowest BCUT2D eigenvalue weighted by atomic mass is 10.1. The van der Waals surface area contributed by atoms with Crippen LogP contribution in [0.2, 0.25) is 0 Å². The summed E-state index contributed by atoms with van der Waals surface area (Å²) in [7, 11) is 0. The molecule has 0 bridgehead atoms. The summed E-state index contributed by atoms with van der Waals surface area (Å²) < 4.78 is 7.49. The molecule has 0 radical (unpaired) electrons. The van der Waals surface area contributed by atoms with E-state index in [0.29, 0.717) is 13.2 Å². The lowest BCUT2D eigenvalue weighted by Gasteiger charge is -2.35. The highest BCUT2D eigenvalue weighted by Gasteiger charge is 2.29. The molecule has 4 heterocycles. The molecule has 0 spiro atoms. The van der Waals surface area contributed by atoms with E-state index in [1.807, 2.05) is 10.9 Å². The van der Waals surface area contributed by atoms with E-state index in [1.165, 1.54) is 0 Å². The minimum absolute atomic E-state index is 0.0547. The predicted octanol–water partition coefficient (Wildman–Crippen LogP) is 2.16. The first-order valence-corrected chi connectivity index (χ1v) is 9.54. The van der Waals surface area contributed by atoms with Crippen molar-refractivity contribution < 1.29 is 4.74 Å². The summed E-state index contributed by atoms with van der Waals surface area (Å²) in [5.74, 6) is 0.889. The second-order valence-corrected chi connectivity index (χ2v) is 7.15. The van der Waals surface area contributed by atoms with Crippen molar-refractivity contribution in [2.75, 3.05) is 36.1 Å². The normalized spacial score (nSPS) is 23.6. The van der Waals surface area contributed by atoms with Gasteiger partial charge in [-0.25, -0.2) is 0 Å². The van der Waals surface area contributed by atoms with Crippen molar-refractivity contribution in [3.8, 4) is 0 Å². The van der Waals surface area contributed by atoms with Crippen molar-refractivity contribution in [1.82, 2.24) is 14.8 Å². The number of nitrogens with zero attached hydrogens (tertiary/aromatic N) is 4. The molecule has 140 valence electrons. The van der Waals surface area contributed by atoms with Crippen LogP contribution in [0.3, 0.4) is 0 Å². The molecule has 4 rings (SSSR count). The number of rotatable bonds is 4. The van der Waals surface area contributed by atoms with Crippen LogP contribution < -0.4 is 15.4 Å². The van der Waals surface area contributed by atoms with Crippen LogP contribution in [-0.4, -0.2) is 47.1 Å². The van der Waals surface area contributed by atoms with Crippen molar-refractivity contribution >= 4 is 11.5 Å². The van der Waals surface area contributed by atoms with Gasteiger partial charge in [-0.15, -0.1) is 0 Å². The minimum Gasteiger partial charge on any atom is -0.377 e. The Morgan fingerprint density at radius 2 is 2.19 bits per heavy atom. The number of anilines is 2. The maximum absolute atomic E-state index is 12.4. The van der Waals surface area contributed by atoms with Crippen LogP contribution in [0.25, 0.3) is 0 Å². The second-order valence-electron chi connectivity index (χ2n) is 7.15. The number of hydrogen-bond donors (Lipinski definition) is 1. The van der Waals surface area contributed by atoms with Crippen molar-refractivity contribution in [2.24, 2.45) is 0 Å². The van der Waals surface area contributed by atoms with E-state index >= 15 is 0 Å². The van der Waals surface area contributed by atoms with Gasteiger partial charge in [0.2, 0.25) is 0 Å². The van der Waals surface area contributed by atoms with Crippen molar-refractivity contribution in [3.05, 3.63) is 40.4 Å². The molecule has 7 heteroatoms. The van der Waals surface area contributed by atoms with Gasteiger partial charge in [-0.1, -0.05) is 0 Å². The second kappa shape index (κ2) is 7.15. The number of nitrogens with one attached hydrogen (secondary N) is 1. The molecule has 2 fully saturated rings. The van der Waals surface area contributed by atoms with E-state index in [0.717, 1.165) is 49.7 Å². The Hall–Kier alpha value is -2.28. The smallest absolute Gasteiger partial charge is 0.251 e. The minimum atomic E-state index is -0.0547. The van der Waals surface area contributed by atoms with Crippen molar-refractivity contribution in [2.45, 2.75) is 45.3 Å². The van der Waals surface area contributed by atoms with Crippen LogP contribution in [0.1, 0.15) is 38.4 Å². The number of morpholine rings is 1. The van der Waals surface area contributed by atoms with Gasteiger partial charge in [0.1, 0.15) is 5.82 Å². The van der Waals surface area contributed by atoms with Gasteiger partial charge in [0.05, 0.1) is 24.9 Å². The van der Waals surface area contributed by atoms with Gasteiger partial charge >= 0.3 is 0 Å². The Labute approximate surface area is 153 Å². The molecule has 2 aliphatic heterocycles. The largest absolute Gasteiger partial charge is 0.377 e. The van der Waals surface area contributed by atoms with E-state index in [9.17, 15) is 4.79 Å². The van der Waals surface area contributed by atoms with Gasteiger partial charge in [-0.2, -0.15) is 5.10 Å². The molecule has 2 aromatic heterocycles. The highest BCUT2D eigenvalue weighted by Crippen LogP contribution is 2.35. The van der Waals surface area contributed by atoms with Gasteiger partial charge in [0.15, 0.2) is 0 Å². The standard InChI is InChI=1S/C19H27N5O2/c1-3-22-8-6-16(21-22)17-5-4-7-24(17)18-11-15(12-19(25)20-18)23-9-10-26-13-14(23)2/h6,8,11-12,14,17H,3-5,7,9-10,13H2,1-2H3,(H,20,25)/t14-,17-/m1/s1. The molecule has 26 heavy (non-hydrogen) atoms. The molecule has 2 aliphatic rings. The Kier molecular flexibility index (Phi) is 4.72. The van der Waals surface area contributed by atoms with Crippen LogP contribution >= 0.6 is 0 Å². The first kappa shape index (κ1) is 17.1. The SMILES string of the molecule is CCn1ccc([C@H]2CCCN2c2cc(N3CCOC[C@H]3C)cc(=O)[nH]2)n1. The monoisotopic (exact) mass is 357 g/mol. The molecule has 2 atom stereocenters. The summed E-state index contributed by atoms with van der Waals surface area (Å²) >= 11 is 0. The Bertz CT molecular complexity index is 814. The average Bonchev–Trinajstić information content (AvgIpc) is 3.30. The van der Waals surface area contributed by atoms with E-state index < -0.39 is 0 Å². The lowest BCUT2D eigenvalue weighted by Crippen LogP contribution is -2.44. The molecule has 1 N–H and O–H groups in total. The van der Waals surface area contributed by atoms with Crippen LogP contribution in [0.15, 0.2) is 29.2 Å². The summed E-state index contributed by atoms with van der Waals surface area (Å²) in [5.41, 5.74) is 2.00. The van der Waals surface area contributed by atoms with Crippen LogP contribution in [0, 0.1) is 0 Å². The number of hydrogen-bond acceptors (Lipinski definition) is 5. The summed E-state index contributed by atoms with van der Waals surface area (Å²) in [6.07, 6.45) is 4.19. The van der Waals surface area contributed by atoms with Gasteiger partial charge in [0.25, 0.3) is 5.56 Å². The number of aryl methyl sites for hydroxylation is 1. The number of pyridine rings is 1. The van der Waals surface area contributed by atoms with Gasteiger partial charge in [0, 0.05) is 49.7 Å². The Morgan fingerprint density at radius 1 is 1.31 bits per heavy atom. The Balaban J connectivity index is 1.65. The number of ether oxygens (including phenoxy) is 1. The van der Waals surface area contributed by atoms with Gasteiger partial charge in [-0.3, -0.25) is 9.48 Å². The first-order chi connectivity index (χ1) is 12.7. The van der Waals surface area contributed by atoms with Gasteiger partial charge < -0.3 is 19.5 Å². The van der Waals surface area contributed by atoms with E-state index in [2.05, 4.69) is 45.9 Å². The number of H-pyrrole nitrogens is 1. The first-order valence-electron chi connectivity index (χ1n) is 9.54. The summed E-state index contributed by atoms with van der Waals surface area (Å²) in [6.45, 7) is 8.24. The zero-order valence-corrected chi connectivity index (χ0v) is 15.5. The molecule has 0 saturated carbocycles. The average molecular weight is 357 g/mol. The molecule has 0 unspecified atom stereocenters. The van der Waals surface area contributed by atoms with Crippen LogP contribution in [0.5, 0.6) is 0 Å². The van der Waals surface area contributed by atoms with Gasteiger partial charge in [-0.05, 0) is 32.8 Å². The number of aromatic nitrogens is 3. The van der Waals surface area contributed by atoms with Crippen LogP contribution in [-0.2, 0) is 11.3 Å². The molecule has 2 saturated heterocycles. The van der Waals surface area contributed by atoms with Crippen molar-refractivity contribution in [1.29, 1.82) is 0 Å². The maximum Gasteiger partial charge on any atom is 0.251 e. The third-order valence-electron chi connectivity index (χ3n) is 5.40. The Morgan fingerprint density at radius 3 is 2.96 bits per heavy atom. The quantitative estimate of drug-likeness (QED) is 0.908. The fourth-order valence-electron chi connectivity index (χ4n) is 4.04. The predicted molar refractivity (Wildman–Crippen MR) is 102 cm³/mol. The third kappa shape index (κ3) is 3.23. The zero-order valence-electron chi connectivity index (χ0n) is 15.5. The molecular weight excluding hydrogens is 330 g/mol. The third-order valence-corrected chi connectivity index (χ3v) is 5.40. The summed E-state index contributed by atoms with van der Waals surface area (Å²) in [4.78, 5) is 19.9. The fourth-order valence-corrected chi connectivity index (χ4v) is 4.04. The van der Waals surface area contributed by atoms with E-state index in [-0.39, 0.29) is 17.6 Å². The summed E-state index contributed by atoms with van der Waals surface area (Å²) in [6, 6.07) is 6.39. The molecule has 0 aliphatic carbocycles. The topological polar surface area (TPSA) is 66.4 Å². The molecule has 2 aromatic rings. The maximum atomic E-state index is 12.4. The number of aromatic amines is 1. The highest BCUT2D eigenvalue weighted by molar-refractivity contribution is 5.57.